The van der Waals surface area contributed by atoms with Crippen LogP contribution in [0.15, 0.2) is 22.6 Å². The molecule has 1 heterocycles. The van der Waals surface area contributed by atoms with E-state index in [2.05, 4.69) is 4.74 Å². The van der Waals surface area contributed by atoms with Gasteiger partial charge in [0.1, 0.15) is 10.7 Å². The average Bonchev–Trinajstić information content (AvgIpc) is 2.74. The van der Waals surface area contributed by atoms with Gasteiger partial charge in [-0.05, 0) is 19.1 Å². The fourth-order valence-corrected chi connectivity index (χ4v) is 0.952. The molecule has 1 amide bonds. The molecule has 0 unspecified atom stereocenters. The highest BCUT2D eigenvalue weighted by Crippen LogP contribution is 2.16. The Labute approximate surface area is 101 Å². The van der Waals surface area contributed by atoms with Crippen LogP contribution in [0.1, 0.15) is 12.7 Å². The molecular weight excluding hydrogens is 244 g/mol. The molecule has 8 heteroatoms. The van der Waals surface area contributed by atoms with E-state index < -0.39 is 28.8 Å². The first-order valence-corrected chi connectivity index (χ1v) is 4.82. The number of nitro groups is 1. The highest BCUT2D eigenvalue weighted by Gasteiger charge is 2.13. The van der Waals surface area contributed by atoms with E-state index in [1.54, 1.807) is 0 Å². The van der Waals surface area contributed by atoms with Gasteiger partial charge in [-0.3, -0.25) is 14.9 Å². The van der Waals surface area contributed by atoms with Gasteiger partial charge in [-0.25, -0.2) is 4.79 Å². The predicted octanol–water partition coefficient (Wildman–Crippen LogP) is 0.618. The second-order valence-corrected chi connectivity index (χ2v) is 3.25. The number of primary amides is 1. The number of carbonyl (C=O) groups excluding carboxylic acids is 2. The fraction of sp³-hybridized carbons (Fsp3) is 0.200. The minimum absolute atomic E-state index is 0.116. The van der Waals surface area contributed by atoms with Crippen LogP contribution in [-0.2, 0) is 14.3 Å². The molecular formula is C10H10N2O6. The van der Waals surface area contributed by atoms with E-state index in [1.807, 2.05) is 0 Å². The standard InChI is InChI=1S/C10H10N2O6/c1-6(10(11)14)17-9(13)5-3-7-2-4-8(18-7)12(15)16/h2-6H,1H3,(H2,11,14)/b5-3+/t6-/m0/s1. The number of hydrogen-bond acceptors (Lipinski definition) is 6. The number of nitrogens with two attached hydrogens (primary N) is 1. The average molecular weight is 254 g/mol. The molecule has 1 aromatic rings. The molecule has 0 aromatic carbocycles. The molecule has 96 valence electrons. The smallest absolute Gasteiger partial charge is 0.433 e. The van der Waals surface area contributed by atoms with E-state index in [-0.39, 0.29) is 5.76 Å². The summed E-state index contributed by atoms with van der Waals surface area (Å²) in [5.74, 6) is -1.90. The quantitative estimate of drug-likeness (QED) is 0.355. The Kier molecular flexibility index (Phi) is 4.19. The Balaban J connectivity index is 2.60. The summed E-state index contributed by atoms with van der Waals surface area (Å²) in [6, 6.07) is 2.47. The number of furan rings is 1. The minimum atomic E-state index is -1.05. The second kappa shape index (κ2) is 5.62. The lowest BCUT2D eigenvalue weighted by Gasteiger charge is -2.06. The largest absolute Gasteiger partial charge is 0.449 e. The number of carbonyl (C=O) groups is 2. The Morgan fingerprint density at radius 2 is 2.22 bits per heavy atom. The van der Waals surface area contributed by atoms with Crippen LogP contribution in [-0.4, -0.2) is 22.9 Å². The number of nitrogens with zero attached hydrogens (tertiary/aromatic N) is 1. The molecule has 1 atom stereocenters. The summed E-state index contributed by atoms with van der Waals surface area (Å²) in [5, 5.41) is 10.3. The zero-order valence-corrected chi connectivity index (χ0v) is 9.36. The van der Waals surface area contributed by atoms with Crippen LogP contribution in [0, 0.1) is 10.1 Å². The van der Waals surface area contributed by atoms with Gasteiger partial charge in [0.25, 0.3) is 5.91 Å². The third-order valence-corrected chi connectivity index (χ3v) is 1.87. The van der Waals surface area contributed by atoms with Crippen LogP contribution >= 0.6 is 0 Å². The molecule has 2 N–H and O–H groups in total. The Bertz CT molecular complexity index is 504. The Morgan fingerprint density at radius 1 is 1.56 bits per heavy atom. The van der Waals surface area contributed by atoms with Gasteiger partial charge >= 0.3 is 11.9 Å². The summed E-state index contributed by atoms with van der Waals surface area (Å²) in [6.07, 6.45) is 1.11. The molecule has 0 bridgehead atoms. The van der Waals surface area contributed by atoms with Gasteiger partial charge in [0.05, 0.1) is 6.07 Å². The zero-order valence-electron chi connectivity index (χ0n) is 9.36. The van der Waals surface area contributed by atoms with E-state index in [9.17, 15) is 19.7 Å². The van der Waals surface area contributed by atoms with Gasteiger partial charge in [-0.2, -0.15) is 0 Å². The van der Waals surface area contributed by atoms with Crippen molar-refractivity contribution in [2.45, 2.75) is 13.0 Å². The van der Waals surface area contributed by atoms with Crippen molar-refractivity contribution in [1.82, 2.24) is 0 Å². The van der Waals surface area contributed by atoms with Crippen LogP contribution in [0.4, 0.5) is 5.88 Å². The molecule has 0 aliphatic heterocycles. The molecule has 0 aliphatic carbocycles. The van der Waals surface area contributed by atoms with Crippen molar-refractivity contribution in [2.24, 2.45) is 5.73 Å². The van der Waals surface area contributed by atoms with Crippen LogP contribution < -0.4 is 5.73 Å². The number of amides is 1. The first kappa shape index (κ1) is 13.4. The van der Waals surface area contributed by atoms with Crippen molar-refractivity contribution < 1.29 is 23.7 Å². The van der Waals surface area contributed by atoms with Crippen LogP contribution in [0.5, 0.6) is 0 Å². The van der Waals surface area contributed by atoms with Gasteiger partial charge in [0.2, 0.25) is 0 Å². The summed E-state index contributed by atoms with van der Waals surface area (Å²) >= 11 is 0. The molecule has 0 fully saturated rings. The van der Waals surface area contributed by atoms with E-state index >= 15 is 0 Å². The summed E-state index contributed by atoms with van der Waals surface area (Å²) in [7, 11) is 0. The fourth-order valence-electron chi connectivity index (χ4n) is 0.952. The normalized spacial score (nSPS) is 12.3. The van der Waals surface area contributed by atoms with Crippen molar-refractivity contribution in [3.63, 3.8) is 0 Å². The molecule has 0 radical (unpaired) electrons. The predicted molar refractivity (Wildman–Crippen MR) is 59.1 cm³/mol. The third-order valence-electron chi connectivity index (χ3n) is 1.87. The molecule has 0 spiro atoms. The first-order chi connectivity index (χ1) is 8.40. The molecule has 1 aromatic heterocycles. The monoisotopic (exact) mass is 254 g/mol. The SMILES string of the molecule is C[C@H](OC(=O)/C=C/c1ccc([N+](=O)[O-])o1)C(N)=O. The van der Waals surface area contributed by atoms with E-state index in [0.717, 1.165) is 12.1 Å². The molecule has 8 nitrogen and oxygen atoms in total. The van der Waals surface area contributed by atoms with Crippen LogP contribution in [0.2, 0.25) is 0 Å². The lowest BCUT2D eigenvalue weighted by atomic mass is 10.3. The topological polar surface area (TPSA) is 126 Å². The Hall–Kier alpha value is -2.64. The zero-order chi connectivity index (χ0) is 13.7. The van der Waals surface area contributed by atoms with Crippen molar-refractivity contribution in [1.29, 1.82) is 0 Å². The van der Waals surface area contributed by atoms with Gasteiger partial charge in [-0.1, -0.05) is 0 Å². The van der Waals surface area contributed by atoms with Crippen molar-refractivity contribution >= 4 is 23.8 Å². The van der Waals surface area contributed by atoms with Gasteiger partial charge < -0.3 is 14.9 Å². The van der Waals surface area contributed by atoms with E-state index in [1.165, 1.54) is 19.1 Å². The molecule has 0 saturated carbocycles. The maximum absolute atomic E-state index is 11.2. The lowest BCUT2D eigenvalue weighted by molar-refractivity contribution is -0.402. The number of esters is 1. The summed E-state index contributed by atoms with van der Waals surface area (Å²) < 4.78 is 9.37. The van der Waals surface area contributed by atoms with Crippen molar-refractivity contribution in [3.05, 3.63) is 34.1 Å². The highest BCUT2D eigenvalue weighted by molar-refractivity contribution is 5.89. The van der Waals surface area contributed by atoms with Crippen LogP contribution in [0.3, 0.4) is 0 Å². The van der Waals surface area contributed by atoms with E-state index in [0.29, 0.717) is 0 Å². The highest BCUT2D eigenvalue weighted by atomic mass is 16.6. The number of ether oxygens (including phenoxy) is 1. The van der Waals surface area contributed by atoms with Gasteiger partial charge in [0.15, 0.2) is 6.10 Å². The molecule has 1 rings (SSSR count). The molecule has 0 aliphatic rings. The Morgan fingerprint density at radius 3 is 2.72 bits per heavy atom. The lowest BCUT2D eigenvalue weighted by Crippen LogP contribution is -2.29. The summed E-state index contributed by atoms with van der Waals surface area (Å²) in [5.41, 5.74) is 4.89. The maximum Gasteiger partial charge on any atom is 0.433 e. The van der Waals surface area contributed by atoms with Crippen molar-refractivity contribution in [3.8, 4) is 0 Å². The van der Waals surface area contributed by atoms with Crippen molar-refractivity contribution in [2.75, 3.05) is 0 Å². The van der Waals surface area contributed by atoms with Crippen LogP contribution in [0.25, 0.3) is 6.08 Å². The third kappa shape index (κ3) is 3.74. The molecule has 18 heavy (non-hydrogen) atoms. The summed E-state index contributed by atoms with van der Waals surface area (Å²) in [6.45, 7) is 1.33. The number of rotatable bonds is 5. The molecule has 0 saturated heterocycles. The number of hydrogen-bond donors (Lipinski definition) is 1. The second-order valence-electron chi connectivity index (χ2n) is 3.25. The van der Waals surface area contributed by atoms with Gasteiger partial charge in [-0.15, -0.1) is 0 Å². The summed E-state index contributed by atoms with van der Waals surface area (Å²) in [4.78, 5) is 31.4. The first-order valence-electron chi connectivity index (χ1n) is 4.82. The van der Waals surface area contributed by atoms with Gasteiger partial charge in [0, 0.05) is 6.08 Å². The maximum atomic E-state index is 11.2. The minimum Gasteiger partial charge on any atom is -0.449 e. The van der Waals surface area contributed by atoms with E-state index in [4.69, 9.17) is 10.2 Å².